The lowest BCUT2D eigenvalue weighted by atomic mass is 10.1. The van der Waals surface area contributed by atoms with E-state index >= 15 is 0 Å². The van der Waals surface area contributed by atoms with Crippen molar-refractivity contribution in [2.24, 2.45) is 0 Å². The third-order valence-electron chi connectivity index (χ3n) is 3.03. The van der Waals surface area contributed by atoms with E-state index in [9.17, 15) is 0 Å². The predicted molar refractivity (Wildman–Crippen MR) is 77.3 cm³/mol. The van der Waals surface area contributed by atoms with Gasteiger partial charge in [0.25, 0.3) is 0 Å². The molecule has 2 aromatic carbocycles. The van der Waals surface area contributed by atoms with Gasteiger partial charge in [-0.3, -0.25) is 0 Å². The molecule has 4 heteroatoms. The van der Waals surface area contributed by atoms with E-state index in [2.05, 4.69) is 4.98 Å². The summed E-state index contributed by atoms with van der Waals surface area (Å²) in [5, 5.41) is 0.589. The highest BCUT2D eigenvalue weighted by atomic mass is 35.5. The Morgan fingerprint density at radius 1 is 1.11 bits per heavy atom. The third kappa shape index (κ3) is 2.56. The molecule has 1 aromatic heterocycles. The number of para-hydroxylation sites is 2. The molecule has 1 heterocycles. The van der Waals surface area contributed by atoms with E-state index < -0.39 is 0 Å². The fourth-order valence-electron chi connectivity index (χ4n) is 2.03. The first-order chi connectivity index (χ1) is 9.22. The number of oxazole rings is 1. The number of benzene rings is 2. The number of rotatable bonds is 3. The summed E-state index contributed by atoms with van der Waals surface area (Å²) in [4.78, 5) is 4.44. The second-order valence-corrected chi connectivity index (χ2v) is 4.84. The van der Waals surface area contributed by atoms with Gasteiger partial charge in [0, 0.05) is 6.42 Å². The van der Waals surface area contributed by atoms with Crippen LogP contribution in [-0.4, -0.2) is 4.98 Å². The van der Waals surface area contributed by atoms with Crippen molar-refractivity contribution in [1.82, 2.24) is 4.98 Å². The first-order valence-electron chi connectivity index (χ1n) is 6.11. The Morgan fingerprint density at radius 3 is 2.74 bits per heavy atom. The van der Waals surface area contributed by atoms with Gasteiger partial charge in [-0.15, -0.1) is 0 Å². The molecule has 0 saturated heterocycles. The molecule has 0 bridgehead atoms. The maximum Gasteiger partial charge on any atom is 0.195 e. The van der Waals surface area contributed by atoms with E-state index in [-0.39, 0.29) is 0 Å². The zero-order chi connectivity index (χ0) is 13.2. The molecule has 3 rings (SSSR count). The van der Waals surface area contributed by atoms with Crippen LogP contribution in [0.25, 0.3) is 11.1 Å². The zero-order valence-electron chi connectivity index (χ0n) is 10.3. The maximum absolute atomic E-state index is 5.90. The number of nitrogens with zero attached hydrogens (tertiary/aromatic N) is 1. The summed E-state index contributed by atoms with van der Waals surface area (Å²) in [5.74, 6) is 0.745. The molecular weight excluding hydrogens is 260 g/mol. The average Bonchev–Trinajstić information content (AvgIpc) is 2.83. The van der Waals surface area contributed by atoms with Crippen LogP contribution in [0.1, 0.15) is 11.5 Å². The van der Waals surface area contributed by atoms with E-state index in [0.717, 1.165) is 35.4 Å². The summed E-state index contributed by atoms with van der Waals surface area (Å²) in [7, 11) is 0. The number of aromatic nitrogens is 1. The van der Waals surface area contributed by atoms with Crippen LogP contribution < -0.4 is 5.73 Å². The lowest BCUT2D eigenvalue weighted by Crippen LogP contribution is -1.94. The maximum atomic E-state index is 5.90. The van der Waals surface area contributed by atoms with Crippen molar-refractivity contribution in [3.05, 3.63) is 58.9 Å². The van der Waals surface area contributed by atoms with Crippen LogP contribution in [0.15, 0.2) is 46.9 Å². The van der Waals surface area contributed by atoms with Crippen molar-refractivity contribution < 1.29 is 4.42 Å². The number of nitrogens with two attached hydrogens (primary N) is 1. The standard InChI is InChI=1S/C15H13ClN2O/c16-11-7-5-10(9-12(11)17)6-8-15-18-13-3-1-2-4-14(13)19-15/h1-5,7,9H,6,8,17H2. The second-order valence-electron chi connectivity index (χ2n) is 4.43. The van der Waals surface area contributed by atoms with Gasteiger partial charge in [0.1, 0.15) is 5.52 Å². The van der Waals surface area contributed by atoms with E-state index in [1.807, 2.05) is 42.5 Å². The van der Waals surface area contributed by atoms with Crippen molar-refractivity contribution in [2.75, 3.05) is 5.73 Å². The first-order valence-corrected chi connectivity index (χ1v) is 6.48. The van der Waals surface area contributed by atoms with Crippen LogP contribution in [-0.2, 0) is 12.8 Å². The minimum Gasteiger partial charge on any atom is -0.441 e. The van der Waals surface area contributed by atoms with Crippen LogP contribution in [0.5, 0.6) is 0 Å². The number of anilines is 1. The molecule has 0 aliphatic carbocycles. The summed E-state index contributed by atoms with van der Waals surface area (Å²) in [6.07, 6.45) is 1.57. The minimum absolute atomic E-state index is 0.589. The van der Waals surface area contributed by atoms with Crippen molar-refractivity contribution in [1.29, 1.82) is 0 Å². The number of fused-ring (bicyclic) bond motifs is 1. The second kappa shape index (κ2) is 4.94. The molecule has 3 aromatic rings. The molecule has 0 aliphatic rings. The largest absolute Gasteiger partial charge is 0.441 e. The van der Waals surface area contributed by atoms with Gasteiger partial charge in [0.05, 0.1) is 10.7 Å². The van der Waals surface area contributed by atoms with Gasteiger partial charge in [-0.25, -0.2) is 4.98 Å². The number of nitrogen functional groups attached to an aromatic ring is 1. The number of halogens is 1. The molecule has 0 radical (unpaired) electrons. The topological polar surface area (TPSA) is 52.0 Å². The molecule has 0 amide bonds. The van der Waals surface area contributed by atoms with Crippen LogP contribution >= 0.6 is 11.6 Å². The molecule has 0 spiro atoms. The highest BCUT2D eigenvalue weighted by Crippen LogP contribution is 2.21. The Morgan fingerprint density at radius 2 is 1.95 bits per heavy atom. The summed E-state index contributed by atoms with van der Waals surface area (Å²) in [6.45, 7) is 0. The molecular formula is C15H13ClN2O. The molecule has 0 fully saturated rings. The Kier molecular flexibility index (Phi) is 3.13. The number of hydrogen-bond donors (Lipinski definition) is 1. The lowest BCUT2D eigenvalue weighted by molar-refractivity contribution is 0.528. The molecule has 19 heavy (non-hydrogen) atoms. The molecule has 3 nitrogen and oxygen atoms in total. The molecule has 0 unspecified atom stereocenters. The van der Waals surface area contributed by atoms with E-state index in [4.69, 9.17) is 21.8 Å². The van der Waals surface area contributed by atoms with Crippen molar-refractivity contribution in [2.45, 2.75) is 12.8 Å². The fraction of sp³-hybridized carbons (Fsp3) is 0.133. The Hall–Kier alpha value is -2.00. The quantitative estimate of drug-likeness (QED) is 0.737. The van der Waals surface area contributed by atoms with Gasteiger partial charge in [-0.05, 0) is 36.2 Å². The average molecular weight is 273 g/mol. The van der Waals surface area contributed by atoms with Crippen molar-refractivity contribution in [3.63, 3.8) is 0 Å². The fourth-order valence-corrected chi connectivity index (χ4v) is 2.14. The zero-order valence-corrected chi connectivity index (χ0v) is 11.0. The molecule has 0 saturated carbocycles. The highest BCUT2D eigenvalue weighted by molar-refractivity contribution is 6.33. The van der Waals surface area contributed by atoms with E-state index in [1.165, 1.54) is 0 Å². The van der Waals surface area contributed by atoms with Crippen LogP contribution in [0.4, 0.5) is 5.69 Å². The van der Waals surface area contributed by atoms with Crippen molar-refractivity contribution >= 4 is 28.4 Å². The minimum atomic E-state index is 0.589. The Bertz CT molecular complexity index is 688. The van der Waals surface area contributed by atoms with Gasteiger partial charge in [-0.1, -0.05) is 29.8 Å². The monoisotopic (exact) mass is 272 g/mol. The Labute approximate surface area is 116 Å². The summed E-state index contributed by atoms with van der Waals surface area (Å²) in [5.41, 5.74) is 9.24. The number of aryl methyl sites for hydroxylation is 2. The van der Waals surface area contributed by atoms with Gasteiger partial charge >= 0.3 is 0 Å². The molecule has 0 aliphatic heterocycles. The molecule has 2 N–H and O–H groups in total. The third-order valence-corrected chi connectivity index (χ3v) is 3.37. The predicted octanol–water partition coefficient (Wildman–Crippen LogP) is 3.85. The van der Waals surface area contributed by atoms with E-state index in [1.54, 1.807) is 0 Å². The van der Waals surface area contributed by atoms with Crippen LogP contribution in [0, 0.1) is 0 Å². The number of hydrogen-bond acceptors (Lipinski definition) is 3. The summed E-state index contributed by atoms with van der Waals surface area (Å²) < 4.78 is 5.68. The van der Waals surface area contributed by atoms with Gasteiger partial charge < -0.3 is 10.2 Å². The molecule has 0 atom stereocenters. The highest BCUT2D eigenvalue weighted by Gasteiger charge is 2.06. The van der Waals surface area contributed by atoms with Gasteiger partial charge in [0.2, 0.25) is 0 Å². The van der Waals surface area contributed by atoms with Crippen molar-refractivity contribution in [3.8, 4) is 0 Å². The summed E-state index contributed by atoms with van der Waals surface area (Å²) >= 11 is 5.90. The smallest absolute Gasteiger partial charge is 0.195 e. The first kappa shape index (κ1) is 12.1. The molecule has 96 valence electrons. The normalized spacial score (nSPS) is 11.0. The van der Waals surface area contributed by atoms with Crippen LogP contribution in [0.2, 0.25) is 5.02 Å². The SMILES string of the molecule is Nc1cc(CCc2nc3ccccc3o2)ccc1Cl. The summed E-state index contributed by atoms with van der Waals surface area (Å²) in [6, 6.07) is 13.4. The Balaban J connectivity index is 1.76. The van der Waals surface area contributed by atoms with Crippen LogP contribution in [0.3, 0.4) is 0 Å². The van der Waals surface area contributed by atoms with Gasteiger partial charge in [0.15, 0.2) is 11.5 Å². The van der Waals surface area contributed by atoms with E-state index in [0.29, 0.717) is 10.7 Å². The lowest BCUT2D eigenvalue weighted by Gasteiger charge is -2.02. The van der Waals surface area contributed by atoms with Gasteiger partial charge in [-0.2, -0.15) is 0 Å².